The quantitative estimate of drug-likeness (QED) is 0.887. The summed E-state index contributed by atoms with van der Waals surface area (Å²) < 4.78 is 18.2. The second-order valence-corrected chi connectivity index (χ2v) is 7.21. The van der Waals surface area contributed by atoms with Crippen LogP contribution < -0.4 is 10.6 Å². The van der Waals surface area contributed by atoms with Crippen molar-refractivity contribution >= 4 is 6.09 Å². The van der Waals surface area contributed by atoms with Crippen LogP contribution >= 0.6 is 0 Å². The first kappa shape index (κ1) is 17.7. The van der Waals surface area contributed by atoms with Crippen LogP contribution in [0.1, 0.15) is 52.0 Å². The molecule has 1 aromatic rings. The van der Waals surface area contributed by atoms with Crippen LogP contribution in [0.3, 0.4) is 0 Å². The summed E-state index contributed by atoms with van der Waals surface area (Å²) in [5.74, 6) is -0.215. The minimum Gasteiger partial charge on any atom is -0.444 e. The zero-order chi connectivity index (χ0) is 16.9. The molecule has 5 heteroatoms. The van der Waals surface area contributed by atoms with E-state index in [1.807, 2.05) is 20.8 Å². The van der Waals surface area contributed by atoms with Crippen molar-refractivity contribution in [1.82, 2.24) is 10.6 Å². The number of halogens is 1. The number of amides is 1. The summed E-state index contributed by atoms with van der Waals surface area (Å²) >= 11 is 0. The number of hydrogen-bond donors (Lipinski definition) is 2. The van der Waals surface area contributed by atoms with Gasteiger partial charge in [0, 0.05) is 18.6 Å². The second-order valence-electron chi connectivity index (χ2n) is 7.21. The Bertz CT molecular complexity index is 511. The Morgan fingerprint density at radius 1 is 1.22 bits per heavy atom. The highest BCUT2D eigenvalue weighted by atomic mass is 19.1. The van der Waals surface area contributed by atoms with Crippen LogP contribution in [0.4, 0.5) is 9.18 Å². The lowest BCUT2D eigenvalue weighted by Gasteiger charge is -2.31. The molecule has 0 heterocycles. The average molecular weight is 322 g/mol. The molecule has 1 saturated carbocycles. The Morgan fingerprint density at radius 3 is 2.52 bits per heavy atom. The van der Waals surface area contributed by atoms with Crippen molar-refractivity contribution in [3.05, 3.63) is 35.6 Å². The van der Waals surface area contributed by atoms with Crippen LogP contribution in [-0.2, 0) is 11.3 Å². The molecule has 2 unspecified atom stereocenters. The minimum absolute atomic E-state index is 0.143. The van der Waals surface area contributed by atoms with Crippen LogP contribution in [0.25, 0.3) is 0 Å². The topological polar surface area (TPSA) is 50.4 Å². The van der Waals surface area contributed by atoms with E-state index in [0.717, 1.165) is 31.2 Å². The third-order valence-electron chi connectivity index (χ3n) is 3.90. The molecule has 1 amide bonds. The van der Waals surface area contributed by atoms with Gasteiger partial charge in [-0.2, -0.15) is 0 Å². The van der Waals surface area contributed by atoms with Crippen LogP contribution in [0, 0.1) is 5.82 Å². The van der Waals surface area contributed by atoms with E-state index >= 15 is 0 Å². The Hall–Kier alpha value is -1.62. The lowest BCUT2D eigenvalue weighted by molar-refractivity contribution is 0.0488. The maximum atomic E-state index is 12.9. The molecule has 23 heavy (non-hydrogen) atoms. The van der Waals surface area contributed by atoms with Gasteiger partial charge in [0.15, 0.2) is 0 Å². The number of alkyl carbamates (subject to hydrolysis) is 1. The summed E-state index contributed by atoms with van der Waals surface area (Å²) in [5, 5.41) is 6.45. The zero-order valence-corrected chi connectivity index (χ0v) is 14.2. The Labute approximate surface area is 137 Å². The largest absolute Gasteiger partial charge is 0.444 e. The number of ether oxygens (including phenoxy) is 1. The summed E-state index contributed by atoms with van der Waals surface area (Å²) in [6, 6.07) is 7.04. The molecule has 0 aliphatic heterocycles. The molecule has 4 nitrogen and oxygen atoms in total. The molecule has 1 aliphatic rings. The molecule has 0 bridgehead atoms. The molecule has 128 valence electrons. The van der Waals surface area contributed by atoms with Gasteiger partial charge in [-0.25, -0.2) is 9.18 Å². The summed E-state index contributed by atoms with van der Waals surface area (Å²) in [6.07, 6.45) is 3.69. The van der Waals surface area contributed by atoms with Gasteiger partial charge < -0.3 is 15.4 Å². The standard InChI is InChI=1S/C18H27FN2O2/c1-18(2,3)23-17(22)21-16-6-4-5-15(11-16)20-12-13-7-9-14(19)10-8-13/h7-10,15-16,20H,4-6,11-12H2,1-3H3,(H,21,22). The van der Waals surface area contributed by atoms with Crippen molar-refractivity contribution in [2.45, 2.75) is 70.7 Å². The highest BCUT2D eigenvalue weighted by Crippen LogP contribution is 2.20. The van der Waals surface area contributed by atoms with Gasteiger partial charge in [0.25, 0.3) is 0 Å². The average Bonchev–Trinajstić information content (AvgIpc) is 2.45. The van der Waals surface area contributed by atoms with Crippen molar-refractivity contribution < 1.29 is 13.9 Å². The molecule has 1 aliphatic carbocycles. The van der Waals surface area contributed by atoms with Gasteiger partial charge >= 0.3 is 6.09 Å². The van der Waals surface area contributed by atoms with Gasteiger partial charge in [-0.15, -0.1) is 0 Å². The van der Waals surface area contributed by atoms with Gasteiger partial charge in [-0.05, 0) is 64.2 Å². The maximum absolute atomic E-state index is 12.9. The molecule has 0 aromatic heterocycles. The van der Waals surface area contributed by atoms with E-state index in [2.05, 4.69) is 10.6 Å². The van der Waals surface area contributed by atoms with Crippen molar-refractivity contribution in [3.8, 4) is 0 Å². The van der Waals surface area contributed by atoms with Crippen molar-refractivity contribution in [1.29, 1.82) is 0 Å². The summed E-state index contributed by atoms with van der Waals surface area (Å²) in [7, 11) is 0. The third-order valence-corrected chi connectivity index (χ3v) is 3.90. The fraction of sp³-hybridized carbons (Fsp3) is 0.611. The van der Waals surface area contributed by atoms with Crippen molar-refractivity contribution in [2.75, 3.05) is 0 Å². The molecule has 2 N–H and O–H groups in total. The Balaban J connectivity index is 1.76. The molecular formula is C18H27FN2O2. The number of benzene rings is 1. The number of rotatable bonds is 4. The summed E-state index contributed by atoms with van der Waals surface area (Å²) in [4.78, 5) is 11.9. The third kappa shape index (κ3) is 6.57. The Kier molecular flexibility index (Phi) is 5.99. The summed E-state index contributed by atoms with van der Waals surface area (Å²) in [5.41, 5.74) is 0.590. The first-order valence-corrected chi connectivity index (χ1v) is 8.29. The second kappa shape index (κ2) is 7.77. The van der Waals surface area contributed by atoms with E-state index in [-0.39, 0.29) is 18.0 Å². The minimum atomic E-state index is -0.473. The molecule has 2 atom stereocenters. The highest BCUT2D eigenvalue weighted by Gasteiger charge is 2.25. The number of nitrogens with one attached hydrogen (secondary N) is 2. The molecule has 1 fully saturated rings. The van der Waals surface area contributed by atoms with Crippen LogP contribution in [0.2, 0.25) is 0 Å². The molecule has 0 radical (unpaired) electrons. The Morgan fingerprint density at radius 2 is 1.87 bits per heavy atom. The van der Waals surface area contributed by atoms with Gasteiger partial charge in [-0.3, -0.25) is 0 Å². The fourth-order valence-electron chi connectivity index (χ4n) is 2.84. The van der Waals surface area contributed by atoms with Crippen LogP contribution in [-0.4, -0.2) is 23.8 Å². The molecule has 0 saturated heterocycles. The normalized spacial score (nSPS) is 21.7. The monoisotopic (exact) mass is 322 g/mol. The summed E-state index contributed by atoms with van der Waals surface area (Å²) in [6.45, 7) is 6.30. The van der Waals surface area contributed by atoms with E-state index in [4.69, 9.17) is 4.74 Å². The molecule has 1 aromatic carbocycles. The molecule has 0 spiro atoms. The first-order valence-electron chi connectivity index (χ1n) is 8.29. The van der Waals surface area contributed by atoms with Gasteiger partial charge in [0.2, 0.25) is 0 Å². The van der Waals surface area contributed by atoms with E-state index in [1.165, 1.54) is 12.1 Å². The van der Waals surface area contributed by atoms with E-state index in [1.54, 1.807) is 12.1 Å². The fourth-order valence-corrected chi connectivity index (χ4v) is 2.84. The van der Waals surface area contributed by atoms with E-state index in [0.29, 0.717) is 12.6 Å². The SMILES string of the molecule is CC(C)(C)OC(=O)NC1CCCC(NCc2ccc(F)cc2)C1. The maximum Gasteiger partial charge on any atom is 0.407 e. The smallest absolute Gasteiger partial charge is 0.407 e. The highest BCUT2D eigenvalue weighted by molar-refractivity contribution is 5.68. The predicted molar refractivity (Wildman–Crippen MR) is 88.7 cm³/mol. The van der Waals surface area contributed by atoms with Crippen molar-refractivity contribution in [2.24, 2.45) is 0 Å². The van der Waals surface area contributed by atoms with Gasteiger partial charge in [0.05, 0.1) is 0 Å². The zero-order valence-electron chi connectivity index (χ0n) is 14.2. The number of hydrogen-bond acceptors (Lipinski definition) is 3. The van der Waals surface area contributed by atoms with E-state index in [9.17, 15) is 9.18 Å². The van der Waals surface area contributed by atoms with E-state index < -0.39 is 5.60 Å². The molecular weight excluding hydrogens is 295 g/mol. The first-order chi connectivity index (χ1) is 10.8. The van der Waals surface area contributed by atoms with Gasteiger partial charge in [-0.1, -0.05) is 12.1 Å². The predicted octanol–water partition coefficient (Wildman–Crippen LogP) is 3.75. The van der Waals surface area contributed by atoms with Crippen LogP contribution in [0.5, 0.6) is 0 Å². The van der Waals surface area contributed by atoms with Gasteiger partial charge in [0.1, 0.15) is 11.4 Å². The number of carbonyl (C=O) groups excluding carboxylic acids is 1. The van der Waals surface area contributed by atoms with Crippen LogP contribution in [0.15, 0.2) is 24.3 Å². The lowest BCUT2D eigenvalue weighted by atomic mass is 9.91. The number of carbonyl (C=O) groups is 1. The van der Waals surface area contributed by atoms with Crippen molar-refractivity contribution in [3.63, 3.8) is 0 Å². The molecule has 2 rings (SSSR count). The lowest BCUT2D eigenvalue weighted by Crippen LogP contribution is -2.45.